The minimum atomic E-state index is -0.247. The molecule has 0 amide bonds. The molecule has 0 aliphatic heterocycles. The molecule has 0 spiro atoms. The highest BCUT2D eigenvalue weighted by molar-refractivity contribution is 7.99. The SMILES string of the molecule is CC[C@@H](O)CNC(C)c1ccc(SC(C)C)cc1. The number of thioether (sulfide) groups is 1. The zero-order valence-electron chi connectivity index (χ0n) is 11.8. The van der Waals surface area contributed by atoms with Crippen LogP contribution in [-0.2, 0) is 0 Å². The number of nitrogens with one attached hydrogen (secondary N) is 1. The van der Waals surface area contributed by atoms with Gasteiger partial charge in [0.2, 0.25) is 0 Å². The molecule has 0 bridgehead atoms. The number of benzene rings is 1. The Labute approximate surface area is 115 Å². The Balaban J connectivity index is 2.50. The molecule has 0 fully saturated rings. The Morgan fingerprint density at radius 3 is 2.28 bits per heavy atom. The molecule has 0 saturated heterocycles. The second kappa shape index (κ2) is 7.82. The van der Waals surface area contributed by atoms with E-state index < -0.39 is 0 Å². The molecule has 2 N–H and O–H groups in total. The first-order chi connectivity index (χ1) is 8.52. The first-order valence-corrected chi connectivity index (χ1v) is 7.59. The molecule has 1 aromatic rings. The summed E-state index contributed by atoms with van der Waals surface area (Å²) in [5.41, 5.74) is 1.27. The van der Waals surface area contributed by atoms with Crippen molar-refractivity contribution in [1.82, 2.24) is 5.32 Å². The molecule has 0 aromatic heterocycles. The van der Waals surface area contributed by atoms with E-state index in [1.165, 1.54) is 10.5 Å². The summed E-state index contributed by atoms with van der Waals surface area (Å²) in [6.45, 7) is 9.19. The third kappa shape index (κ3) is 5.42. The van der Waals surface area contributed by atoms with Gasteiger partial charge in [-0.3, -0.25) is 0 Å². The molecule has 0 saturated carbocycles. The van der Waals surface area contributed by atoms with Crippen molar-refractivity contribution < 1.29 is 5.11 Å². The maximum absolute atomic E-state index is 9.53. The Hall–Kier alpha value is -0.510. The number of aliphatic hydroxyl groups is 1. The van der Waals surface area contributed by atoms with Gasteiger partial charge in [0.1, 0.15) is 0 Å². The van der Waals surface area contributed by atoms with Crippen LogP contribution in [0.4, 0.5) is 0 Å². The monoisotopic (exact) mass is 267 g/mol. The summed E-state index contributed by atoms with van der Waals surface area (Å²) in [7, 11) is 0. The third-order valence-electron chi connectivity index (χ3n) is 2.88. The summed E-state index contributed by atoms with van der Waals surface area (Å²) in [5.74, 6) is 0. The third-order valence-corrected chi connectivity index (χ3v) is 3.90. The number of aliphatic hydroxyl groups excluding tert-OH is 1. The Kier molecular flexibility index (Phi) is 6.76. The predicted molar refractivity (Wildman–Crippen MR) is 80.2 cm³/mol. The minimum Gasteiger partial charge on any atom is -0.392 e. The Bertz CT molecular complexity index is 337. The second-order valence-corrected chi connectivity index (χ2v) is 6.58. The molecule has 0 aliphatic rings. The quantitative estimate of drug-likeness (QED) is 0.740. The van der Waals surface area contributed by atoms with Gasteiger partial charge in [-0.25, -0.2) is 0 Å². The van der Waals surface area contributed by atoms with Crippen LogP contribution in [0.3, 0.4) is 0 Å². The van der Waals surface area contributed by atoms with Crippen LogP contribution in [0.5, 0.6) is 0 Å². The average Bonchev–Trinajstić information content (AvgIpc) is 2.35. The van der Waals surface area contributed by atoms with Crippen LogP contribution in [-0.4, -0.2) is 23.0 Å². The number of rotatable bonds is 7. The largest absolute Gasteiger partial charge is 0.392 e. The molecule has 2 nitrogen and oxygen atoms in total. The lowest BCUT2D eigenvalue weighted by molar-refractivity contribution is 0.164. The van der Waals surface area contributed by atoms with Crippen LogP contribution >= 0.6 is 11.8 Å². The molecular formula is C15H25NOS. The molecule has 3 heteroatoms. The van der Waals surface area contributed by atoms with Crippen molar-refractivity contribution in [2.75, 3.05) is 6.54 Å². The van der Waals surface area contributed by atoms with Gasteiger partial charge in [0, 0.05) is 22.7 Å². The van der Waals surface area contributed by atoms with Crippen LogP contribution in [0.2, 0.25) is 0 Å². The maximum Gasteiger partial charge on any atom is 0.0662 e. The second-order valence-electron chi connectivity index (χ2n) is 4.93. The lowest BCUT2D eigenvalue weighted by Crippen LogP contribution is -2.28. The van der Waals surface area contributed by atoms with Gasteiger partial charge in [-0.15, -0.1) is 11.8 Å². The zero-order chi connectivity index (χ0) is 13.5. The van der Waals surface area contributed by atoms with E-state index in [9.17, 15) is 5.11 Å². The lowest BCUT2D eigenvalue weighted by atomic mass is 10.1. The van der Waals surface area contributed by atoms with E-state index in [1.54, 1.807) is 0 Å². The molecular weight excluding hydrogens is 242 g/mol. The van der Waals surface area contributed by atoms with Gasteiger partial charge in [0.15, 0.2) is 0 Å². The van der Waals surface area contributed by atoms with Gasteiger partial charge in [-0.1, -0.05) is 32.9 Å². The summed E-state index contributed by atoms with van der Waals surface area (Å²) < 4.78 is 0. The molecule has 18 heavy (non-hydrogen) atoms. The van der Waals surface area contributed by atoms with Crippen molar-refractivity contribution in [2.24, 2.45) is 0 Å². The van der Waals surface area contributed by atoms with Gasteiger partial charge in [0.25, 0.3) is 0 Å². The summed E-state index contributed by atoms with van der Waals surface area (Å²) in [6, 6.07) is 8.97. The van der Waals surface area contributed by atoms with Crippen LogP contribution in [0.25, 0.3) is 0 Å². The summed E-state index contributed by atoms with van der Waals surface area (Å²) in [5, 5.41) is 13.5. The Morgan fingerprint density at radius 2 is 1.78 bits per heavy atom. The highest BCUT2D eigenvalue weighted by Gasteiger charge is 2.07. The van der Waals surface area contributed by atoms with E-state index >= 15 is 0 Å². The van der Waals surface area contributed by atoms with Gasteiger partial charge in [-0.05, 0) is 31.0 Å². The van der Waals surface area contributed by atoms with Gasteiger partial charge < -0.3 is 10.4 Å². The number of hydrogen-bond donors (Lipinski definition) is 2. The molecule has 0 radical (unpaired) electrons. The molecule has 1 rings (SSSR count). The van der Waals surface area contributed by atoms with Crippen LogP contribution in [0.15, 0.2) is 29.2 Å². The highest BCUT2D eigenvalue weighted by Crippen LogP contribution is 2.24. The van der Waals surface area contributed by atoms with Crippen molar-refractivity contribution in [2.45, 2.75) is 56.4 Å². The van der Waals surface area contributed by atoms with Crippen molar-refractivity contribution in [3.63, 3.8) is 0 Å². The van der Waals surface area contributed by atoms with Gasteiger partial charge in [0.05, 0.1) is 6.10 Å². The summed E-state index contributed by atoms with van der Waals surface area (Å²) in [6.07, 6.45) is 0.548. The standard InChI is InChI=1S/C15H25NOS/c1-5-14(17)10-16-12(4)13-6-8-15(9-7-13)18-11(2)3/h6-9,11-12,14,16-17H,5,10H2,1-4H3/t12?,14-/m1/s1. The Morgan fingerprint density at radius 1 is 1.17 bits per heavy atom. The lowest BCUT2D eigenvalue weighted by Gasteiger charge is -2.17. The van der Waals surface area contributed by atoms with Crippen molar-refractivity contribution in [1.29, 1.82) is 0 Å². The van der Waals surface area contributed by atoms with Gasteiger partial charge >= 0.3 is 0 Å². The first-order valence-electron chi connectivity index (χ1n) is 6.71. The average molecular weight is 267 g/mol. The normalized spacial score (nSPS) is 14.8. The van der Waals surface area contributed by atoms with E-state index in [2.05, 4.69) is 50.4 Å². The topological polar surface area (TPSA) is 32.3 Å². The van der Waals surface area contributed by atoms with Crippen molar-refractivity contribution in [3.05, 3.63) is 29.8 Å². The molecule has 0 aliphatic carbocycles. The molecule has 1 unspecified atom stereocenters. The van der Waals surface area contributed by atoms with E-state index in [-0.39, 0.29) is 12.1 Å². The molecule has 102 valence electrons. The van der Waals surface area contributed by atoms with E-state index in [0.29, 0.717) is 11.8 Å². The smallest absolute Gasteiger partial charge is 0.0662 e. The zero-order valence-corrected chi connectivity index (χ0v) is 12.6. The minimum absolute atomic E-state index is 0.247. The fourth-order valence-electron chi connectivity index (χ4n) is 1.68. The van der Waals surface area contributed by atoms with E-state index in [4.69, 9.17) is 0 Å². The molecule has 1 aromatic carbocycles. The van der Waals surface area contributed by atoms with E-state index in [0.717, 1.165) is 6.42 Å². The van der Waals surface area contributed by atoms with Crippen LogP contribution in [0.1, 0.15) is 45.7 Å². The van der Waals surface area contributed by atoms with Crippen LogP contribution < -0.4 is 5.32 Å². The van der Waals surface area contributed by atoms with Crippen molar-refractivity contribution >= 4 is 11.8 Å². The molecule has 2 atom stereocenters. The molecule has 0 heterocycles. The van der Waals surface area contributed by atoms with Gasteiger partial charge in [-0.2, -0.15) is 0 Å². The fourth-order valence-corrected chi connectivity index (χ4v) is 2.52. The highest BCUT2D eigenvalue weighted by atomic mass is 32.2. The number of hydrogen-bond acceptors (Lipinski definition) is 3. The first kappa shape index (κ1) is 15.5. The predicted octanol–water partition coefficient (Wildman–Crippen LogP) is 3.61. The maximum atomic E-state index is 9.53. The summed E-state index contributed by atoms with van der Waals surface area (Å²) >= 11 is 1.88. The van der Waals surface area contributed by atoms with E-state index in [1.807, 2.05) is 18.7 Å². The fraction of sp³-hybridized carbons (Fsp3) is 0.600. The summed E-state index contributed by atoms with van der Waals surface area (Å²) in [4.78, 5) is 1.31. The van der Waals surface area contributed by atoms with Crippen LogP contribution in [0, 0.1) is 0 Å². The van der Waals surface area contributed by atoms with Crippen molar-refractivity contribution in [3.8, 4) is 0 Å².